The molecule has 0 aliphatic rings. The second-order valence-electron chi connectivity index (χ2n) is 4.73. The van der Waals surface area contributed by atoms with Gasteiger partial charge >= 0.3 is 0 Å². The number of benzene rings is 1. The summed E-state index contributed by atoms with van der Waals surface area (Å²) in [4.78, 5) is 10.5. The molecule has 20 heavy (non-hydrogen) atoms. The van der Waals surface area contributed by atoms with Gasteiger partial charge in [0.15, 0.2) is 11.6 Å². The SMILES string of the molecule is CCCNc1ncnc(N(C)Cc2ccccc2)c1N. The topological polar surface area (TPSA) is 67.1 Å². The summed E-state index contributed by atoms with van der Waals surface area (Å²) in [5.74, 6) is 1.46. The summed E-state index contributed by atoms with van der Waals surface area (Å²) in [5, 5.41) is 3.22. The second kappa shape index (κ2) is 6.75. The molecule has 0 fully saturated rings. The largest absolute Gasteiger partial charge is 0.393 e. The average molecular weight is 271 g/mol. The Morgan fingerprint density at radius 1 is 1.20 bits per heavy atom. The summed E-state index contributed by atoms with van der Waals surface area (Å²) < 4.78 is 0. The van der Waals surface area contributed by atoms with Crippen molar-refractivity contribution in [3.05, 3.63) is 42.2 Å². The number of nitrogen functional groups attached to an aromatic ring is 1. The van der Waals surface area contributed by atoms with Crippen molar-refractivity contribution in [1.82, 2.24) is 9.97 Å². The van der Waals surface area contributed by atoms with Gasteiger partial charge in [0.2, 0.25) is 0 Å². The van der Waals surface area contributed by atoms with Crippen molar-refractivity contribution in [2.45, 2.75) is 19.9 Å². The van der Waals surface area contributed by atoms with Crippen molar-refractivity contribution < 1.29 is 0 Å². The summed E-state index contributed by atoms with van der Waals surface area (Å²) in [6.45, 7) is 3.71. The van der Waals surface area contributed by atoms with Crippen molar-refractivity contribution in [2.75, 3.05) is 29.5 Å². The van der Waals surface area contributed by atoms with E-state index in [9.17, 15) is 0 Å². The summed E-state index contributed by atoms with van der Waals surface area (Å²) >= 11 is 0. The van der Waals surface area contributed by atoms with Crippen LogP contribution in [0.4, 0.5) is 17.3 Å². The van der Waals surface area contributed by atoms with Gasteiger partial charge in [-0.3, -0.25) is 0 Å². The molecule has 5 heteroatoms. The zero-order valence-electron chi connectivity index (χ0n) is 12.0. The zero-order valence-corrected chi connectivity index (χ0v) is 12.0. The third-order valence-corrected chi connectivity index (χ3v) is 3.03. The minimum atomic E-state index is 0.597. The van der Waals surface area contributed by atoms with Crippen LogP contribution in [0.15, 0.2) is 36.7 Å². The van der Waals surface area contributed by atoms with E-state index in [4.69, 9.17) is 5.73 Å². The van der Waals surface area contributed by atoms with Gasteiger partial charge in [0.25, 0.3) is 0 Å². The zero-order chi connectivity index (χ0) is 14.4. The van der Waals surface area contributed by atoms with Crippen molar-refractivity contribution >= 4 is 17.3 Å². The molecule has 0 atom stereocenters. The fraction of sp³-hybridized carbons (Fsp3) is 0.333. The van der Waals surface area contributed by atoms with E-state index in [1.807, 2.05) is 30.1 Å². The lowest BCUT2D eigenvalue weighted by molar-refractivity contribution is 0.891. The molecule has 2 aromatic rings. The fourth-order valence-corrected chi connectivity index (χ4v) is 2.01. The van der Waals surface area contributed by atoms with Crippen LogP contribution in [0.3, 0.4) is 0 Å². The Balaban J connectivity index is 2.15. The summed E-state index contributed by atoms with van der Waals surface area (Å²) in [6, 6.07) is 10.2. The first-order valence-electron chi connectivity index (χ1n) is 6.81. The highest BCUT2D eigenvalue weighted by Crippen LogP contribution is 2.26. The smallest absolute Gasteiger partial charge is 0.157 e. The van der Waals surface area contributed by atoms with E-state index in [0.717, 1.165) is 25.3 Å². The third-order valence-electron chi connectivity index (χ3n) is 3.03. The van der Waals surface area contributed by atoms with Crippen LogP contribution >= 0.6 is 0 Å². The van der Waals surface area contributed by atoms with Crippen LogP contribution in [-0.2, 0) is 6.54 Å². The Morgan fingerprint density at radius 3 is 2.65 bits per heavy atom. The molecule has 5 nitrogen and oxygen atoms in total. The minimum absolute atomic E-state index is 0.597. The Kier molecular flexibility index (Phi) is 4.76. The summed E-state index contributed by atoms with van der Waals surface area (Å²) in [6.07, 6.45) is 2.57. The van der Waals surface area contributed by atoms with Crippen LogP contribution in [0.2, 0.25) is 0 Å². The van der Waals surface area contributed by atoms with Crippen molar-refractivity contribution in [3.8, 4) is 0 Å². The molecule has 0 aliphatic heterocycles. The molecule has 0 radical (unpaired) electrons. The summed E-state index contributed by atoms with van der Waals surface area (Å²) in [7, 11) is 1.98. The van der Waals surface area contributed by atoms with Gasteiger partial charge in [-0.2, -0.15) is 0 Å². The third kappa shape index (κ3) is 3.38. The van der Waals surface area contributed by atoms with Gasteiger partial charge in [-0.15, -0.1) is 0 Å². The van der Waals surface area contributed by atoms with E-state index < -0.39 is 0 Å². The van der Waals surface area contributed by atoms with Crippen LogP contribution in [0.1, 0.15) is 18.9 Å². The molecule has 3 N–H and O–H groups in total. The highest BCUT2D eigenvalue weighted by molar-refractivity contribution is 5.74. The number of nitrogens with zero attached hydrogens (tertiary/aromatic N) is 3. The predicted molar refractivity (Wildman–Crippen MR) is 83.8 cm³/mol. The van der Waals surface area contributed by atoms with E-state index in [0.29, 0.717) is 11.5 Å². The van der Waals surface area contributed by atoms with E-state index >= 15 is 0 Å². The number of hydrogen-bond donors (Lipinski definition) is 2. The molecule has 1 aromatic carbocycles. The number of nitrogens with two attached hydrogens (primary N) is 1. The maximum absolute atomic E-state index is 6.15. The number of anilines is 3. The van der Waals surface area contributed by atoms with Crippen LogP contribution in [0.25, 0.3) is 0 Å². The number of hydrogen-bond acceptors (Lipinski definition) is 5. The molecule has 2 rings (SSSR count). The molecule has 0 saturated heterocycles. The van der Waals surface area contributed by atoms with Crippen LogP contribution in [0, 0.1) is 0 Å². The van der Waals surface area contributed by atoms with E-state index in [1.165, 1.54) is 5.56 Å². The van der Waals surface area contributed by atoms with Gasteiger partial charge in [-0.25, -0.2) is 9.97 Å². The first-order chi connectivity index (χ1) is 9.72. The molecule has 106 valence electrons. The van der Waals surface area contributed by atoms with Crippen molar-refractivity contribution in [3.63, 3.8) is 0 Å². The average Bonchev–Trinajstić information content (AvgIpc) is 2.47. The lowest BCUT2D eigenvalue weighted by Crippen LogP contribution is -2.20. The lowest BCUT2D eigenvalue weighted by atomic mass is 10.2. The molecule has 0 bridgehead atoms. The maximum atomic E-state index is 6.15. The summed E-state index contributed by atoms with van der Waals surface area (Å²) in [5.41, 5.74) is 7.96. The first-order valence-corrected chi connectivity index (χ1v) is 6.81. The van der Waals surface area contributed by atoms with Crippen LogP contribution < -0.4 is 16.0 Å². The number of nitrogens with one attached hydrogen (secondary N) is 1. The molecule has 0 aliphatic carbocycles. The molecule has 0 spiro atoms. The van der Waals surface area contributed by atoms with Crippen molar-refractivity contribution in [1.29, 1.82) is 0 Å². The van der Waals surface area contributed by atoms with Gasteiger partial charge in [0.05, 0.1) is 0 Å². The van der Waals surface area contributed by atoms with E-state index in [2.05, 4.69) is 34.3 Å². The Bertz CT molecular complexity index is 541. The molecule has 0 unspecified atom stereocenters. The van der Waals surface area contributed by atoms with Gasteiger partial charge in [-0.05, 0) is 12.0 Å². The minimum Gasteiger partial charge on any atom is -0.393 e. The standard InChI is InChI=1S/C15H21N5/c1-3-9-17-14-13(16)15(19-11-18-14)20(2)10-12-7-5-4-6-8-12/h4-8,11H,3,9-10,16H2,1-2H3,(H,17,18,19). The normalized spacial score (nSPS) is 10.3. The van der Waals surface area contributed by atoms with Crippen molar-refractivity contribution in [2.24, 2.45) is 0 Å². The van der Waals surface area contributed by atoms with Crippen LogP contribution in [-0.4, -0.2) is 23.6 Å². The van der Waals surface area contributed by atoms with Gasteiger partial charge < -0.3 is 16.0 Å². The Labute approximate surface area is 119 Å². The monoisotopic (exact) mass is 271 g/mol. The van der Waals surface area contributed by atoms with Gasteiger partial charge in [0, 0.05) is 20.1 Å². The fourth-order valence-electron chi connectivity index (χ4n) is 2.01. The lowest BCUT2D eigenvalue weighted by Gasteiger charge is -2.21. The molecule has 1 aromatic heterocycles. The van der Waals surface area contributed by atoms with Gasteiger partial charge in [-0.1, -0.05) is 37.3 Å². The van der Waals surface area contributed by atoms with Crippen LogP contribution in [0.5, 0.6) is 0 Å². The molecular formula is C15H21N5. The van der Waals surface area contributed by atoms with E-state index in [-0.39, 0.29) is 0 Å². The van der Waals surface area contributed by atoms with Gasteiger partial charge in [0.1, 0.15) is 12.0 Å². The second-order valence-corrected chi connectivity index (χ2v) is 4.73. The predicted octanol–water partition coefficient (Wildman–Crippen LogP) is 2.52. The Morgan fingerprint density at radius 2 is 1.95 bits per heavy atom. The number of aromatic nitrogens is 2. The highest BCUT2D eigenvalue weighted by Gasteiger charge is 2.11. The first kappa shape index (κ1) is 14.1. The molecule has 0 saturated carbocycles. The molecule has 1 heterocycles. The number of rotatable bonds is 6. The maximum Gasteiger partial charge on any atom is 0.157 e. The quantitative estimate of drug-likeness (QED) is 0.845. The molecule has 0 amide bonds. The highest BCUT2D eigenvalue weighted by atomic mass is 15.2. The molecular weight excluding hydrogens is 250 g/mol. The van der Waals surface area contributed by atoms with E-state index in [1.54, 1.807) is 6.33 Å². The Hall–Kier alpha value is -2.30.